The number of nitrogens with two attached hydrogens (primary N) is 1. The van der Waals surface area contributed by atoms with E-state index in [4.69, 9.17) is 10.5 Å². The number of hydrogen-bond acceptors (Lipinski definition) is 3. The van der Waals surface area contributed by atoms with Gasteiger partial charge in [-0.25, -0.2) is 0 Å². The Morgan fingerprint density at radius 2 is 2.00 bits per heavy atom. The van der Waals surface area contributed by atoms with Crippen LogP contribution < -0.4 is 5.73 Å². The number of hydrogen-bond donors (Lipinski definition) is 1. The molecule has 1 heterocycles. The number of pyridine rings is 1. The fraction of sp³-hybridized carbons (Fsp3) is 0.400. The third kappa shape index (κ3) is 3.06. The number of nitrogens with zero attached hydrogens (tertiary/aromatic N) is 1. The Morgan fingerprint density at radius 1 is 1.22 bits per heavy atom. The van der Waals surface area contributed by atoms with Crippen LogP contribution in [0.1, 0.15) is 32.4 Å². The summed E-state index contributed by atoms with van der Waals surface area (Å²) in [5, 5.41) is 1.10. The summed E-state index contributed by atoms with van der Waals surface area (Å²) in [6.07, 6.45) is 1.79. The van der Waals surface area contributed by atoms with Gasteiger partial charge in [0.05, 0.1) is 23.8 Å². The zero-order valence-electron chi connectivity index (χ0n) is 11.2. The summed E-state index contributed by atoms with van der Waals surface area (Å²) < 4.78 is 5.75. The van der Waals surface area contributed by atoms with Crippen molar-refractivity contribution in [2.45, 2.75) is 32.4 Å². The van der Waals surface area contributed by atoms with E-state index >= 15 is 0 Å². The second kappa shape index (κ2) is 5.04. The molecule has 18 heavy (non-hydrogen) atoms. The van der Waals surface area contributed by atoms with Crippen LogP contribution in [-0.4, -0.2) is 17.2 Å². The van der Waals surface area contributed by atoms with Crippen molar-refractivity contribution < 1.29 is 4.74 Å². The topological polar surface area (TPSA) is 48.1 Å². The zero-order valence-corrected chi connectivity index (χ0v) is 11.2. The van der Waals surface area contributed by atoms with Crippen LogP contribution in [0.2, 0.25) is 0 Å². The number of ether oxygens (including phenoxy) is 1. The SMILES string of the molecule is CC(C)(C)OCC(N)c1cccc2ncccc12. The van der Waals surface area contributed by atoms with Crippen molar-refractivity contribution in [2.75, 3.05) is 6.61 Å². The molecule has 2 N–H and O–H groups in total. The second-order valence-corrected chi connectivity index (χ2v) is 5.45. The molecule has 0 aliphatic carbocycles. The van der Waals surface area contributed by atoms with E-state index in [0.29, 0.717) is 6.61 Å². The van der Waals surface area contributed by atoms with E-state index in [0.717, 1.165) is 16.5 Å². The van der Waals surface area contributed by atoms with Gasteiger partial charge in [0.25, 0.3) is 0 Å². The Morgan fingerprint density at radius 3 is 2.72 bits per heavy atom. The summed E-state index contributed by atoms with van der Waals surface area (Å²) >= 11 is 0. The van der Waals surface area contributed by atoms with Crippen LogP contribution in [0.5, 0.6) is 0 Å². The summed E-state index contributed by atoms with van der Waals surface area (Å²) in [6.45, 7) is 6.61. The fourth-order valence-corrected chi connectivity index (χ4v) is 1.88. The molecule has 1 aromatic heterocycles. The summed E-state index contributed by atoms with van der Waals surface area (Å²) in [5.74, 6) is 0. The van der Waals surface area contributed by atoms with Gasteiger partial charge >= 0.3 is 0 Å². The number of rotatable bonds is 3. The maximum atomic E-state index is 6.22. The van der Waals surface area contributed by atoms with E-state index in [-0.39, 0.29) is 11.6 Å². The van der Waals surface area contributed by atoms with Crippen LogP contribution in [0.15, 0.2) is 36.5 Å². The molecule has 96 valence electrons. The van der Waals surface area contributed by atoms with Crippen LogP contribution >= 0.6 is 0 Å². The van der Waals surface area contributed by atoms with E-state index in [1.165, 1.54) is 0 Å². The highest BCUT2D eigenvalue weighted by Gasteiger charge is 2.15. The average Bonchev–Trinajstić information content (AvgIpc) is 2.34. The lowest BCUT2D eigenvalue weighted by molar-refractivity contribution is -0.0101. The predicted octanol–water partition coefficient (Wildman–Crippen LogP) is 3.05. The smallest absolute Gasteiger partial charge is 0.0705 e. The molecule has 1 aromatic carbocycles. The average molecular weight is 244 g/mol. The molecule has 0 bridgehead atoms. The Hall–Kier alpha value is -1.45. The van der Waals surface area contributed by atoms with Gasteiger partial charge in [-0.2, -0.15) is 0 Å². The molecule has 0 aliphatic rings. The van der Waals surface area contributed by atoms with Crippen molar-refractivity contribution in [1.82, 2.24) is 4.98 Å². The summed E-state index contributed by atoms with van der Waals surface area (Å²) in [6, 6.07) is 9.88. The molecule has 0 spiro atoms. The molecule has 3 heteroatoms. The summed E-state index contributed by atoms with van der Waals surface area (Å²) in [7, 11) is 0. The Balaban J connectivity index is 2.25. The van der Waals surface area contributed by atoms with Gasteiger partial charge in [0.2, 0.25) is 0 Å². The number of fused-ring (bicyclic) bond motifs is 1. The minimum absolute atomic E-state index is 0.128. The first kappa shape index (κ1) is 13.0. The lowest BCUT2D eigenvalue weighted by Gasteiger charge is -2.23. The number of aromatic nitrogens is 1. The molecule has 0 saturated carbocycles. The molecule has 0 amide bonds. The monoisotopic (exact) mass is 244 g/mol. The van der Waals surface area contributed by atoms with E-state index < -0.39 is 0 Å². The molecular weight excluding hydrogens is 224 g/mol. The van der Waals surface area contributed by atoms with Gasteiger partial charge in [0.1, 0.15) is 0 Å². The van der Waals surface area contributed by atoms with Crippen LogP contribution in [0.25, 0.3) is 10.9 Å². The zero-order chi connectivity index (χ0) is 13.2. The summed E-state index contributed by atoms with van der Waals surface area (Å²) in [4.78, 5) is 4.34. The largest absolute Gasteiger partial charge is 0.374 e. The molecule has 0 saturated heterocycles. The summed E-state index contributed by atoms with van der Waals surface area (Å²) in [5.41, 5.74) is 8.11. The third-order valence-corrected chi connectivity index (χ3v) is 2.77. The van der Waals surface area contributed by atoms with Gasteiger partial charge in [-0.15, -0.1) is 0 Å². The Kier molecular flexibility index (Phi) is 3.64. The molecule has 0 radical (unpaired) electrons. The third-order valence-electron chi connectivity index (χ3n) is 2.77. The molecule has 2 rings (SSSR count). The lowest BCUT2D eigenvalue weighted by atomic mass is 10.0. The van der Waals surface area contributed by atoms with Gasteiger partial charge in [0.15, 0.2) is 0 Å². The molecule has 2 aromatic rings. The second-order valence-electron chi connectivity index (χ2n) is 5.45. The van der Waals surface area contributed by atoms with Crippen LogP contribution in [-0.2, 0) is 4.74 Å². The first-order chi connectivity index (χ1) is 8.47. The Bertz CT molecular complexity index is 526. The first-order valence-electron chi connectivity index (χ1n) is 6.20. The first-order valence-corrected chi connectivity index (χ1v) is 6.20. The minimum atomic E-state index is -0.166. The van der Waals surface area contributed by atoms with Crippen molar-refractivity contribution in [2.24, 2.45) is 5.73 Å². The van der Waals surface area contributed by atoms with Crippen molar-refractivity contribution in [3.63, 3.8) is 0 Å². The van der Waals surface area contributed by atoms with Gasteiger partial charge < -0.3 is 10.5 Å². The van der Waals surface area contributed by atoms with Crippen molar-refractivity contribution in [3.05, 3.63) is 42.1 Å². The van der Waals surface area contributed by atoms with Crippen molar-refractivity contribution in [1.29, 1.82) is 0 Å². The maximum Gasteiger partial charge on any atom is 0.0705 e. The standard InChI is InChI=1S/C15H20N2O/c1-15(2,3)18-10-13(16)11-6-4-8-14-12(11)7-5-9-17-14/h4-9,13H,10,16H2,1-3H3. The molecular formula is C15H20N2O. The normalized spacial score (nSPS) is 13.8. The van der Waals surface area contributed by atoms with E-state index in [2.05, 4.69) is 11.1 Å². The molecule has 3 nitrogen and oxygen atoms in total. The van der Waals surface area contributed by atoms with Gasteiger partial charge in [-0.05, 0) is 38.5 Å². The predicted molar refractivity (Wildman–Crippen MR) is 74.4 cm³/mol. The van der Waals surface area contributed by atoms with Crippen LogP contribution in [0, 0.1) is 0 Å². The minimum Gasteiger partial charge on any atom is -0.374 e. The van der Waals surface area contributed by atoms with E-state index in [1.807, 2.05) is 45.0 Å². The van der Waals surface area contributed by atoms with E-state index in [1.54, 1.807) is 6.20 Å². The van der Waals surface area contributed by atoms with Crippen molar-refractivity contribution >= 4 is 10.9 Å². The van der Waals surface area contributed by atoms with Gasteiger partial charge in [-0.1, -0.05) is 18.2 Å². The highest BCUT2D eigenvalue weighted by atomic mass is 16.5. The van der Waals surface area contributed by atoms with Crippen molar-refractivity contribution in [3.8, 4) is 0 Å². The Labute approximate surface area is 108 Å². The lowest BCUT2D eigenvalue weighted by Crippen LogP contribution is -2.26. The maximum absolute atomic E-state index is 6.22. The van der Waals surface area contributed by atoms with Gasteiger partial charge in [0, 0.05) is 11.6 Å². The van der Waals surface area contributed by atoms with Crippen LogP contribution in [0.4, 0.5) is 0 Å². The van der Waals surface area contributed by atoms with Crippen LogP contribution in [0.3, 0.4) is 0 Å². The molecule has 0 fully saturated rings. The van der Waals surface area contributed by atoms with E-state index in [9.17, 15) is 0 Å². The fourth-order valence-electron chi connectivity index (χ4n) is 1.88. The quantitative estimate of drug-likeness (QED) is 0.902. The molecule has 1 atom stereocenters. The molecule has 0 aliphatic heterocycles. The molecule has 1 unspecified atom stereocenters. The highest BCUT2D eigenvalue weighted by Crippen LogP contribution is 2.22. The van der Waals surface area contributed by atoms with Gasteiger partial charge in [-0.3, -0.25) is 4.98 Å². The number of benzene rings is 1. The highest BCUT2D eigenvalue weighted by molar-refractivity contribution is 5.82.